The third-order valence-corrected chi connectivity index (χ3v) is 12.6. The molecule has 15 heteroatoms. The number of hydrogen-bond donors (Lipinski definition) is 3. The molecule has 0 spiro atoms. The predicted octanol–water partition coefficient (Wildman–Crippen LogP) is 3.60. The Labute approximate surface area is 303 Å². The second-order valence-electron chi connectivity index (χ2n) is 14.7. The number of amides is 4. The van der Waals surface area contributed by atoms with Gasteiger partial charge in [-0.3, -0.25) is 24.1 Å². The fraction of sp³-hybridized carbons (Fsp3) is 0.568. The first-order chi connectivity index (χ1) is 25.1. The van der Waals surface area contributed by atoms with Crippen molar-refractivity contribution < 1.29 is 37.2 Å². The fourth-order valence-corrected chi connectivity index (χ4v) is 8.87. The lowest BCUT2D eigenvalue weighted by Gasteiger charge is -2.30. The van der Waals surface area contributed by atoms with Gasteiger partial charge in [0.1, 0.15) is 29.8 Å². The summed E-state index contributed by atoms with van der Waals surface area (Å²) in [6.07, 6.45) is 13.5. The first-order valence-corrected chi connectivity index (χ1v) is 20.0. The molecule has 3 N–H and O–H groups in total. The molecule has 7 rings (SSSR count). The molecule has 5 aliphatic rings. The molecule has 2 aliphatic heterocycles. The van der Waals surface area contributed by atoms with E-state index in [2.05, 4.69) is 25.5 Å². The minimum atomic E-state index is -3.87. The van der Waals surface area contributed by atoms with Gasteiger partial charge in [0.15, 0.2) is 0 Å². The fourth-order valence-electron chi connectivity index (χ4n) is 7.51. The largest absolute Gasteiger partial charge is 0.446 e. The van der Waals surface area contributed by atoms with Crippen LogP contribution in [0.4, 0.5) is 4.79 Å². The first-order valence-electron chi connectivity index (χ1n) is 18.5. The van der Waals surface area contributed by atoms with E-state index in [1.54, 1.807) is 6.20 Å². The topological polar surface area (TPSA) is 185 Å². The normalized spacial score (nSPS) is 29.3. The zero-order chi connectivity index (χ0) is 36.3. The molecule has 4 amide bonds. The number of allylic oxidation sites excluding steroid dienone is 1. The van der Waals surface area contributed by atoms with Gasteiger partial charge in [0, 0.05) is 29.5 Å². The molecule has 3 aliphatic carbocycles. The summed E-state index contributed by atoms with van der Waals surface area (Å²) in [5.74, 6) is -2.27. The predicted molar refractivity (Wildman–Crippen MR) is 191 cm³/mol. The van der Waals surface area contributed by atoms with E-state index < -0.39 is 68.7 Å². The highest BCUT2D eigenvalue weighted by atomic mass is 32.2. The van der Waals surface area contributed by atoms with E-state index in [-0.39, 0.29) is 25.5 Å². The average molecular weight is 735 g/mol. The minimum Gasteiger partial charge on any atom is -0.446 e. The monoisotopic (exact) mass is 734 g/mol. The van der Waals surface area contributed by atoms with Crippen LogP contribution in [0.15, 0.2) is 53.8 Å². The number of para-hydroxylation sites is 1. The van der Waals surface area contributed by atoms with Gasteiger partial charge in [0.2, 0.25) is 21.8 Å². The number of oxime groups is 1. The smallest absolute Gasteiger partial charge is 0.408 e. The molecule has 1 aromatic carbocycles. The van der Waals surface area contributed by atoms with Crippen LogP contribution in [0, 0.1) is 5.92 Å². The van der Waals surface area contributed by atoms with Crippen molar-refractivity contribution in [2.24, 2.45) is 11.1 Å². The zero-order valence-electron chi connectivity index (χ0n) is 29.1. The Morgan fingerprint density at radius 2 is 1.81 bits per heavy atom. The summed E-state index contributed by atoms with van der Waals surface area (Å²) in [4.78, 5) is 66.8. The van der Waals surface area contributed by atoms with Gasteiger partial charge in [0.25, 0.3) is 5.91 Å². The van der Waals surface area contributed by atoms with Crippen LogP contribution >= 0.6 is 0 Å². The summed E-state index contributed by atoms with van der Waals surface area (Å²) in [6.45, 7) is -0.00132. The molecule has 3 saturated carbocycles. The van der Waals surface area contributed by atoms with Gasteiger partial charge in [-0.1, -0.05) is 48.3 Å². The molecule has 52 heavy (non-hydrogen) atoms. The molecule has 0 radical (unpaired) electrons. The van der Waals surface area contributed by atoms with Crippen molar-refractivity contribution in [3.8, 4) is 0 Å². The van der Waals surface area contributed by atoms with E-state index in [9.17, 15) is 27.6 Å². The molecule has 2 aromatic rings. The van der Waals surface area contributed by atoms with E-state index in [4.69, 9.17) is 9.57 Å². The summed E-state index contributed by atoms with van der Waals surface area (Å²) >= 11 is 0. The molecule has 1 aromatic heterocycles. The number of sulfonamides is 1. The van der Waals surface area contributed by atoms with Crippen molar-refractivity contribution in [3.63, 3.8) is 0 Å². The van der Waals surface area contributed by atoms with E-state index in [0.29, 0.717) is 37.7 Å². The quantitative estimate of drug-likeness (QED) is 0.207. The van der Waals surface area contributed by atoms with Gasteiger partial charge >= 0.3 is 6.09 Å². The van der Waals surface area contributed by atoms with Gasteiger partial charge in [-0.15, -0.1) is 0 Å². The number of nitrogens with one attached hydrogen (secondary N) is 3. The number of hydrogen-bond acceptors (Lipinski definition) is 10. The summed E-state index contributed by atoms with van der Waals surface area (Å²) in [5, 5.41) is 10.1. The van der Waals surface area contributed by atoms with Crippen LogP contribution in [0.25, 0.3) is 10.9 Å². The van der Waals surface area contributed by atoms with Crippen molar-refractivity contribution in [3.05, 3.63) is 54.2 Å². The molecule has 4 fully saturated rings. The van der Waals surface area contributed by atoms with Crippen LogP contribution in [0.1, 0.15) is 89.0 Å². The number of nitrogens with zero attached hydrogens (tertiary/aromatic N) is 3. The van der Waals surface area contributed by atoms with Crippen molar-refractivity contribution in [1.29, 1.82) is 0 Å². The number of alkyl carbamates (subject to hydrolysis) is 1. The molecular weight excluding hydrogens is 689 g/mol. The standard InChI is InChI=1S/C37H46N6O8S/c44-33-32-19-28(51-39-22-24-18-25-10-6-9-14-30(25)38-21-24)23-43(32)34(45)31(40-36(47)50-27-12-7-8-13-27)15-5-3-1-2-4-11-26-20-37(26,41-33)35(46)42-52(48,49)29-16-17-29/h4,6,9-11,14,18,21-22,26-29,31-32H,1-3,5,7-8,12-13,15-17,19-20,23H2,(H,40,47)(H,41,44)(H,42,46)/b11-4-,39-22+/t26?,28-,31+,32+,37-/m1/s1. The summed E-state index contributed by atoms with van der Waals surface area (Å²) < 4.78 is 33.4. The van der Waals surface area contributed by atoms with Crippen LogP contribution in [-0.4, -0.2) is 90.0 Å². The van der Waals surface area contributed by atoms with Gasteiger partial charge < -0.3 is 25.1 Å². The second kappa shape index (κ2) is 15.2. The van der Waals surface area contributed by atoms with Crippen molar-refractivity contribution in [1.82, 2.24) is 25.2 Å². The Kier molecular flexibility index (Phi) is 10.5. The van der Waals surface area contributed by atoms with Gasteiger partial charge in [-0.2, -0.15) is 0 Å². The molecule has 14 nitrogen and oxygen atoms in total. The number of aromatic nitrogens is 1. The number of fused-ring (bicyclic) bond motifs is 3. The Morgan fingerprint density at radius 1 is 1.02 bits per heavy atom. The Hall–Kier alpha value is -4.53. The highest BCUT2D eigenvalue weighted by Gasteiger charge is 2.62. The molecule has 1 saturated heterocycles. The Balaban J connectivity index is 1.12. The SMILES string of the molecule is O=C(N[C@H]1CCCCC/C=C\C2C[C@@]2(C(=O)NS(=O)(=O)C2CC2)NC(=O)[C@@H]2C[C@@H](O/N=C/c3cnc4ccccc4c3)CN2C1=O)OC1CCCC1. The maximum absolute atomic E-state index is 14.3. The van der Waals surface area contributed by atoms with Gasteiger partial charge in [-0.25, -0.2) is 13.2 Å². The van der Waals surface area contributed by atoms with Crippen molar-refractivity contribution in [2.45, 2.75) is 119 Å². The number of carbonyl (C=O) groups is 4. The second-order valence-corrected chi connectivity index (χ2v) is 16.6. The first kappa shape index (κ1) is 35.9. The lowest BCUT2D eigenvalue weighted by atomic mass is 10.0. The van der Waals surface area contributed by atoms with Crippen LogP contribution in [-0.2, 0) is 34.0 Å². The highest BCUT2D eigenvalue weighted by molar-refractivity contribution is 7.91. The molecule has 278 valence electrons. The number of ether oxygens (including phenoxy) is 1. The van der Waals surface area contributed by atoms with E-state index in [1.165, 1.54) is 11.1 Å². The molecule has 3 heterocycles. The van der Waals surface area contributed by atoms with Gasteiger partial charge in [0.05, 0.1) is 23.5 Å². The van der Waals surface area contributed by atoms with E-state index in [0.717, 1.165) is 49.4 Å². The number of pyridine rings is 1. The Bertz CT molecular complexity index is 1860. The zero-order valence-corrected chi connectivity index (χ0v) is 29.9. The van der Waals surface area contributed by atoms with Crippen LogP contribution in [0.5, 0.6) is 0 Å². The third kappa shape index (κ3) is 8.24. The number of benzene rings is 1. The van der Waals surface area contributed by atoms with Crippen LogP contribution < -0.4 is 15.4 Å². The molecular formula is C37H46N6O8S. The van der Waals surface area contributed by atoms with E-state index >= 15 is 0 Å². The van der Waals surface area contributed by atoms with Crippen molar-refractivity contribution in [2.75, 3.05) is 6.54 Å². The molecule has 1 unspecified atom stereocenters. The van der Waals surface area contributed by atoms with Gasteiger partial charge in [-0.05, 0) is 76.3 Å². The average Bonchev–Trinajstić information content (AvgIpc) is 4.00. The maximum atomic E-state index is 14.3. The minimum absolute atomic E-state index is 0.00132. The summed E-state index contributed by atoms with van der Waals surface area (Å²) in [7, 11) is -3.87. The van der Waals surface area contributed by atoms with Crippen molar-refractivity contribution >= 4 is 51.0 Å². The molecule has 5 atom stereocenters. The lowest BCUT2D eigenvalue weighted by molar-refractivity contribution is -0.141. The highest BCUT2D eigenvalue weighted by Crippen LogP contribution is 2.46. The number of carbonyl (C=O) groups excluding carboxylic acids is 4. The lowest BCUT2D eigenvalue weighted by Crippen LogP contribution is -2.58. The molecule has 0 bridgehead atoms. The maximum Gasteiger partial charge on any atom is 0.408 e. The summed E-state index contributed by atoms with van der Waals surface area (Å²) in [5.41, 5.74) is 0.0610. The van der Waals surface area contributed by atoms with Crippen LogP contribution in [0.3, 0.4) is 0 Å². The number of rotatable bonds is 8. The third-order valence-electron chi connectivity index (χ3n) is 10.7. The van der Waals surface area contributed by atoms with Crippen LogP contribution in [0.2, 0.25) is 0 Å². The van der Waals surface area contributed by atoms with E-state index in [1.807, 2.05) is 42.5 Å². The summed E-state index contributed by atoms with van der Waals surface area (Å²) in [6, 6.07) is 7.56. The Morgan fingerprint density at radius 3 is 2.62 bits per heavy atom.